The van der Waals surface area contributed by atoms with Crippen LogP contribution in [0.5, 0.6) is 0 Å². The minimum Gasteiger partial charge on any atom is -0.394 e. The largest absolute Gasteiger partial charge is 0.394 e. The first-order valence-corrected chi connectivity index (χ1v) is 30.2. The van der Waals surface area contributed by atoms with E-state index in [-0.39, 0.29) is 12.5 Å². The Bertz CT molecular complexity index is 1010. The van der Waals surface area contributed by atoms with E-state index >= 15 is 0 Å². The fourth-order valence-electron chi connectivity index (χ4n) is 9.51. The number of amides is 1. The van der Waals surface area contributed by atoms with Gasteiger partial charge in [-0.05, 0) is 51.4 Å². The topological polar surface area (TPSA) is 69.6 Å². The van der Waals surface area contributed by atoms with E-state index in [2.05, 4.69) is 43.5 Å². The maximum atomic E-state index is 12.5. The van der Waals surface area contributed by atoms with Gasteiger partial charge in [0.2, 0.25) is 5.91 Å². The van der Waals surface area contributed by atoms with E-state index in [1.807, 2.05) is 6.08 Å². The van der Waals surface area contributed by atoms with Crippen LogP contribution in [0.3, 0.4) is 0 Å². The number of aliphatic hydroxyl groups excluding tert-OH is 2. The molecule has 0 aromatic heterocycles. The maximum absolute atomic E-state index is 12.5. The van der Waals surface area contributed by atoms with Crippen molar-refractivity contribution in [3.8, 4) is 0 Å². The molecule has 0 aliphatic carbocycles. The minimum atomic E-state index is -0.841. The molecule has 0 saturated carbocycles. The Hall–Kier alpha value is -1.39. The maximum Gasteiger partial charge on any atom is 0.220 e. The van der Waals surface area contributed by atoms with Gasteiger partial charge in [-0.2, -0.15) is 0 Å². The summed E-state index contributed by atoms with van der Waals surface area (Å²) in [5.74, 6) is -0.0618. The lowest BCUT2D eigenvalue weighted by Crippen LogP contribution is -2.45. The molecular formula is C62H119NO3. The van der Waals surface area contributed by atoms with Crippen molar-refractivity contribution in [2.45, 2.75) is 347 Å². The van der Waals surface area contributed by atoms with Gasteiger partial charge in [-0.3, -0.25) is 4.79 Å². The number of hydrogen-bond donors (Lipinski definition) is 3. The zero-order chi connectivity index (χ0) is 47.7. The molecule has 0 spiro atoms. The quantitative estimate of drug-likeness (QED) is 0.0420. The predicted octanol–water partition coefficient (Wildman–Crippen LogP) is 20.0. The molecule has 0 aromatic carbocycles. The fourth-order valence-corrected chi connectivity index (χ4v) is 9.51. The molecule has 390 valence electrons. The Balaban J connectivity index is 3.46. The lowest BCUT2D eigenvalue weighted by atomic mass is 10.0. The summed E-state index contributed by atoms with van der Waals surface area (Å²) in [6, 6.07) is -0.624. The Kier molecular flexibility index (Phi) is 56.7. The van der Waals surface area contributed by atoms with Gasteiger partial charge >= 0.3 is 0 Å². The van der Waals surface area contributed by atoms with Crippen molar-refractivity contribution < 1.29 is 15.0 Å². The first kappa shape index (κ1) is 64.6. The number of carbonyl (C=O) groups excluding carboxylic acids is 1. The highest BCUT2D eigenvalue weighted by atomic mass is 16.3. The van der Waals surface area contributed by atoms with E-state index in [0.717, 1.165) is 32.1 Å². The highest BCUT2D eigenvalue weighted by Crippen LogP contribution is 2.18. The molecule has 0 radical (unpaired) electrons. The Labute approximate surface area is 414 Å². The highest BCUT2D eigenvalue weighted by molar-refractivity contribution is 5.76. The Morgan fingerprint density at radius 1 is 0.364 bits per heavy atom. The second-order valence-corrected chi connectivity index (χ2v) is 20.8. The molecule has 1 amide bonds. The van der Waals surface area contributed by atoms with Crippen LogP contribution in [-0.2, 0) is 4.79 Å². The lowest BCUT2D eigenvalue weighted by Gasteiger charge is -2.20. The van der Waals surface area contributed by atoms with Gasteiger partial charge in [0.25, 0.3) is 0 Å². The average Bonchev–Trinajstić information content (AvgIpc) is 3.32. The molecule has 4 heteroatoms. The van der Waals surface area contributed by atoms with Crippen LogP contribution in [0.4, 0.5) is 0 Å². The van der Waals surface area contributed by atoms with Gasteiger partial charge in [0.15, 0.2) is 0 Å². The first-order chi connectivity index (χ1) is 32.7. The molecule has 2 atom stereocenters. The molecule has 0 aromatic rings. The van der Waals surface area contributed by atoms with Gasteiger partial charge in [0.1, 0.15) is 0 Å². The van der Waals surface area contributed by atoms with E-state index in [0.29, 0.717) is 6.42 Å². The lowest BCUT2D eigenvalue weighted by molar-refractivity contribution is -0.123. The molecule has 0 aliphatic rings. The molecule has 2 unspecified atom stereocenters. The summed E-state index contributed by atoms with van der Waals surface area (Å²) in [5, 5.41) is 23.2. The van der Waals surface area contributed by atoms with Gasteiger partial charge in [-0.25, -0.2) is 0 Å². The van der Waals surface area contributed by atoms with Crippen LogP contribution in [0.25, 0.3) is 0 Å². The molecule has 4 nitrogen and oxygen atoms in total. The van der Waals surface area contributed by atoms with Gasteiger partial charge in [-0.15, -0.1) is 0 Å². The number of hydrogen-bond acceptors (Lipinski definition) is 3. The average molecular weight is 927 g/mol. The van der Waals surface area contributed by atoms with E-state index in [9.17, 15) is 15.0 Å². The van der Waals surface area contributed by atoms with Gasteiger partial charge in [0, 0.05) is 6.42 Å². The van der Waals surface area contributed by atoms with E-state index < -0.39 is 12.1 Å². The Morgan fingerprint density at radius 2 is 0.621 bits per heavy atom. The molecule has 0 fully saturated rings. The summed E-state index contributed by atoms with van der Waals surface area (Å²) >= 11 is 0. The molecule has 3 N–H and O–H groups in total. The smallest absolute Gasteiger partial charge is 0.220 e. The van der Waals surface area contributed by atoms with Crippen LogP contribution in [0.2, 0.25) is 0 Å². The molecule has 0 bridgehead atoms. The van der Waals surface area contributed by atoms with Crippen molar-refractivity contribution >= 4 is 5.91 Å². The number of allylic oxidation sites excluding steroid dienone is 5. The molecule has 66 heavy (non-hydrogen) atoms. The molecule has 0 heterocycles. The van der Waals surface area contributed by atoms with Crippen LogP contribution in [0.15, 0.2) is 36.5 Å². The zero-order valence-electron chi connectivity index (χ0n) is 45.0. The van der Waals surface area contributed by atoms with Gasteiger partial charge in [0.05, 0.1) is 18.8 Å². The minimum absolute atomic E-state index is 0.0618. The van der Waals surface area contributed by atoms with Gasteiger partial charge < -0.3 is 15.5 Å². The zero-order valence-corrected chi connectivity index (χ0v) is 45.0. The summed E-state index contributed by atoms with van der Waals surface area (Å²) in [5.41, 5.74) is 0. The monoisotopic (exact) mass is 926 g/mol. The third-order valence-corrected chi connectivity index (χ3v) is 14.1. The first-order valence-electron chi connectivity index (χ1n) is 30.2. The molecule has 0 aliphatic heterocycles. The van der Waals surface area contributed by atoms with Crippen molar-refractivity contribution in [2.24, 2.45) is 0 Å². The highest BCUT2D eigenvalue weighted by Gasteiger charge is 2.18. The third kappa shape index (κ3) is 53.6. The van der Waals surface area contributed by atoms with E-state index in [4.69, 9.17) is 0 Å². The van der Waals surface area contributed by atoms with Crippen LogP contribution < -0.4 is 5.32 Å². The van der Waals surface area contributed by atoms with Crippen molar-refractivity contribution in [1.29, 1.82) is 0 Å². The number of unbranched alkanes of at least 4 members (excludes halogenated alkanes) is 45. The molecular weight excluding hydrogens is 807 g/mol. The second kappa shape index (κ2) is 57.9. The summed E-state index contributed by atoms with van der Waals surface area (Å²) in [7, 11) is 0. The third-order valence-electron chi connectivity index (χ3n) is 14.1. The fraction of sp³-hybridized carbons (Fsp3) is 0.887. The van der Waals surface area contributed by atoms with Crippen molar-refractivity contribution in [1.82, 2.24) is 5.32 Å². The van der Waals surface area contributed by atoms with Crippen molar-refractivity contribution in [3.05, 3.63) is 36.5 Å². The van der Waals surface area contributed by atoms with Crippen molar-refractivity contribution in [3.63, 3.8) is 0 Å². The van der Waals surface area contributed by atoms with Crippen LogP contribution in [0, 0.1) is 0 Å². The predicted molar refractivity (Wildman–Crippen MR) is 295 cm³/mol. The van der Waals surface area contributed by atoms with Crippen molar-refractivity contribution in [2.75, 3.05) is 6.61 Å². The summed E-state index contributed by atoms with van der Waals surface area (Å²) in [6.07, 6.45) is 79.0. The van der Waals surface area contributed by atoms with E-state index in [1.54, 1.807) is 6.08 Å². The molecule has 0 saturated heterocycles. The van der Waals surface area contributed by atoms with E-state index in [1.165, 1.54) is 283 Å². The van der Waals surface area contributed by atoms with Gasteiger partial charge in [-0.1, -0.05) is 314 Å². The summed E-state index contributed by atoms with van der Waals surface area (Å²) in [6.45, 7) is 4.33. The molecule has 0 rings (SSSR count). The normalized spacial score (nSPS) is 13.0. The Morgan fingerprint density at radius 3 is 0.909 bits per heavy atom. The summed E-state index contributed by atoms with van der Waals surface area (Å²) in [4.78, 5) is 12.5. The van der Waals surface area contributed by atoms with Crippen LogP contribution in [-0.4, -0.2) is 34.9 Å². The standard InChI is InChI=1S/C62H119NO3/c1-3-5-7-9-11-13-15-17-19-21-23-25-27-28-29-30-31-32-33-34-36-37-39-41-43-45-47-49-51-53-55-57-61(65)60(59-64)63-62(66)58-56-54-52-50-48-46-44-42-40-38-35-26-24-22-20-18-16-14-12-10-8-6-4-2/h16,18,22,24,55,57,60-61,64-65H,3-15,17,19-21,23,25-54,56,58-59H2,1-2H3,(H,63,66)/b18-16-,24-22-,57-55+. The second-order valence-electron chi connectivity index (χ2n) is 20.8. The number of nitrogens with one attached hydrogen (secondary N) is 1. The number of aliphatic hydroxyl groups is 2. The number of rotatable bonds is 56. The number of carbonyl (C=O) groups is 1. The summed E-state index contributed by atoms with van der Waals surface area (Å²) < 4.78 is 0. The SMILES string of the molecule is CCCCCCC/C=C\C/C=C\CCCCCCCCCCCCCC(=O)NC(CO)C(O)/C=C/CCCCCCCCCCCCCCCCCCCCCCCCCCCCCCC. The van der Waals surface area contributed by atoms with Crippen LogP contribution >= 0.6 is 0 Å². The van der Waals surface area contributed by atoms with Crippen LogP contribution in [0.1, 0.15) is 335 Å².